The number of ether oxygens (including phenoxy) is 1. The number of carbonyl (C=O) groups excluding carboxylic acids is 1. The quantitative estimate of drug-likeness (QED) is 0.821. The van der Waals surface area contributed by atoms with Gasteiger partial charge in [-0.1, -0.05) is 6.07 Å². The second-order valence-electron chi connectivity index (χ2n) is 4.33. The molecule has 0 bridgehead atoms. The number of carbonyl (C=O) groups is 1. The first-order chi connectivity index (χ1) is 7.91. The first-order valence-electron chi connectivity index (χ1n) is 5.31. The van der Waals surface area contributed by atoms with E-state index < -0.39 is 9.84 Å². The first kappa shape index (κ1) is 12.1. The lowest BCUT2D eigenvalue weighted by molar-refractivity contribution is -0.124. The van der Waals surface area contributed by atoms with Crippen LogP contribution in [0.3, 0.4) is 0 Å². The van der Waals surface area contributed by atoms with Gasteiger partial charge in [-0.2, -0.15) is 0 Å². The third kappa shape index (κ3) is 2.34. The van der Waals surface area contributed by atoms with Crippen LogP contribution in [0.1, 0.15) is 24.3 Å². The van der Waals surface area contributed by atoms with Gasteiger partial charge in [0.2, 0.25) is 0 Å². The number of hydrogen-bond donors (Lipinski definition) is 0. The Morgan fingerprint density at radius 1 is 1.29 bits per heavy atom. The van der Waals surface area contributed by atoms with E-state index in [1.54, 1.807) is 18.2 Å². The molecular weight excluding hydrogens is 240 g/mol. The van der Waals surface area contributed by atoms with E-state index in [0.29, 0.717) is 18.6 Å². The molecule has 0 unspecified atom stereocenters. The minimum absolute atomic E-state index is 0.189. The molecule has 0 amide bonds. The molecule has 1 fully saturated rings. The van der Waals surface area contributed by atoms with Gasteiger partial charge < -0.3 is 4.74 Å². The highest BCUT2D eigenvalue weighted by Crippen LogP contribution is 2.36. The molecule has 92 valence electrons. The molecule has 0 spiro atoms. The van der Waals surface area contributed by atoms with Gasteiger partial charge in [0.1, 0.15) is 16.4 Å². The Balaban J connectivity index is 2.38. The van der Waals surface area contributed by atoms with Crippen molar-refractivity contribution in [3.05, 3.63) is 23.8 Å². The summed E-state index contributed by atoms with van der Waals surface area (Å²) in [5.41, 5.74) is 0.967. The van der Waals surface area contributed by atoms with Crippen molar-refractivity contribution in [1.29, 1.82) is 0 Å². The van der Waals surface area contributed by atoms with Crippen molar-refractivity contribution in [2.75, 3.05) is 13.4 Å². The Bertz CT molecular complexity index is 552. The second kappa shape index (κ2) is 4.14. The number of benzene rings is 1. The fraction of sp³-hybridized carbons (Fsp3) is 0.417. The van der Waals surface area contributed by atoms with Crippen LogP contribution < -0.4 is 4.74 Å². The monoisotopic (exact) mass is 254 g/mol. The normalized spacial score (nSPS) is 16.7. The summed E-state index contributed by atoms with van der Waals surface area (Å²) in [6.07, 6.45) is 2.24. The van der Waals surface area contributed by atoms with E-state index in [2.05, 4.69) is 0 Å². The Morgan fingerprint density at radius 2 is 1.94 bits per heavy atom. The standard InChI is InChI=1S/C12H14O4S/c1-16-11-7-8(9-5-10(13)6-9)3-4-12(11)17(2,14)15/h3-4,7,9H,5-6H2,1-2H3. The maximum Gasteiger partial charge on any atom is 0.179 e. The minimum atomic E-state index is -3.28. The molecule has 1 aromatic carbocycles. The van der Waals surface area contributed by atoms with E-state index in [4.69, 9.17) is 4.74 Å². The molecule has 1 aromatic rings. The predicted octanol–water partition coefficient (Wildman–Crippen LogP) is 1.55. The summed E-state index contributed by atoms with van der Waals surface area (Å²) in [5.74, 6) is 0.815. The van der Waals surface area contributed by atoms with Crippen LogP contribution in [-0.4, -0.2) is 27.6 Å². The molecule has 17 heavy (non-hydrogen) atoms. The van der Waals surface area contributed by atoms with Crippen LogP contribution in [0, 0.1) is 0 Å². The molecule has 1 saturated carbocycles. The van der Waals surface area contributed by atoms with Crippen LogP contribution in [-0.2, 0) is 14.6 Å². The third-order valence-electron chi connectivity index (χ3n) is 3.01. The van der Waals surface area contributed by atoms with Gasteiger partial charge in [0.05, 0.1) is 7.11 Å². The maximum absolute atomic E-state index is 11.5. The number of ketones is 1. The van der Waals surface area contributed by atoms with E-state index >= 15 is 0 Å². The highest BCUT2D eigenvalue weighted by Gasteiger charge is 2.29. The van der Waals surface area contributed by atoms with Crippen molar-refractivity contribution in [2.24, 2.45) is 0 Å². The molecule has 0 radical (unpaired) electrons. The van der Waals surface area contributed by atoms with Crippen LogP contribution >= 0.6 is 0 Å². The predicted molar refractivity (Wildman–Crippen MR) is 63.1 cm³/mol. The lowest BCUT2D eigenvalue weighted by Gasteiger charge is -2.25. The summed E-state index contributed by atoms with van der Waals surface area (Å²) < 4.78 is 28.1. The molecule has 0 aromatic heterocycles. The third-order valence-corrected chi connectivity index (χ3v) is 4.14. The first-order valence-corrected chi connectivity index (χ1v) is 7.20. The Kier molecular flexibility index (Phi) is 2.95. The number of methoxy groups -OCH3 is 1. The van der Waals surface area contributed by atoms with Crippen molar-refractivity contribution in [2.45, 2.75) is 23.7 Å². The van der Waals surface area contributed by atoms with E-state index in [1.165, 1.54) is 7.11 Å². The van der Waals surface area contributed by atoms with Crippen molar-refractivity contribution in [3.8, 4) is 5.75 Å². The second-order valence-corrected chi connectivity index (χ2v) is 6.31. The zero-order chi connectivity index (χ0) is 12.6. The van der Waals surface area contributed by atoms with Crippen molar-refractivity contribution < 1.29 is 17.9 Å². The van der Waals surface area contributed by atoms with E-state index in [-0.39, 0.29) is 16.6 Å². The van der Waals surface area contributed by atoms with E-state index in [1.807, 2.05) is 0 Å². The van der Waals surface area contributed by atoms with E-state index in [0.717, 1.165) is 11.8 Å². The van der Waals surface area contributed by atoms with Crippen LogP contribution in [0.5, 0.6) is 5.75 Å². The molecule has 0 atom stereocenters. The minimum Gasteiger partial charge on any atom is -0.495 e. The van der Waals surface area contributed by atoms with Gasteiger partial charge in [-0.3, -0.25) is 4.79 Å². The van der Waals surface area contributed by atoms with Crippen molar-refractivity contribution in [3.63, 3.8) is 0 Å². The number of sulfone groups is 1. The van der Waals surface area contributed by atoms with Gasteiger partial charge in [-0.05, 0) is 23.6 Å². The number of rotatable bonds is 3. The summed E-state index contributed by atoms with van der Waals surface area (Å²) in [7, 11) is -1.84. The van der Waals surface area contributed by atoms with Gasteiger partial charge in [-0.25, -0.2) is 8.42 Å². The van der Waals surface area contributed by atoms with Crippen LogP contribution in [0.25, 0.3) is 0 Å². The molecule has 0 saturated heterocycles. The summed E-state index contributed by atoms with van der Waals surface area (Å²) in [6, 6.07) is 5.02. The van der Waals surface area contributed by atoms with Crippen LogP contribution in [0.2, 0.25) is 0 Å². The lowest BCUT2D eigenvalue weighted by atomic mass is 9.79. The van der Waals surface area contributed by atoms with Crippen molar-refractivity contribution in [1.82, 2.24) is 0 Å². The molecule has 0 heterocycles. The van der Waals surface area contributed by atoms with Gasteiger partial charge in [0.15, 0.2) is 9.84 Å². The maximum atomic E-state index is 11.5. The molecule has 0 aliphatic heterocycles. The Morgan fingerprint density at radius 3 is 2.41 bits per heavy atom. The SMILES string of the molecule is COc1cc(C2CC(=O)C2)ccc1S(C)(=O)=O. The fourth-order valence-electron chi connectivity index (χ4n) is 1.97. The Hall–Kier alpha value is -1.36. The summed E-state index contributed by atoms with van der Waals surface area (Å²) in [5, 5.41) is 0. The summed E-state index contributed by atoms with van der Waals surface area (Å²) in [6.45, 7) is 0. The lowest BCUT2D eigenvalue weighted by Crippen LogP contribution is -2.21. The average Bonchev–Trinajstić information content (AvgIpc) is 2.22. The van der Waals surface area contributed by atoms with Gasteiger partial charge >= 0.3 is 0 Å². The average molecular weight is 254 g/mol. The smallest absolute Gasteiger partial charge is 0.179 e. The molecular formula is C12H14O4S. The largest absolute Gasteiger partial charge is 0.495 e. The molecule has 5 heteroatoms. The Labute approximate surface area is 101 Å². The fourth-order valence-corrected chi connectivity index (χ4v) is 2.79. The van der Waals surface area contributed by atoms with Crippen LogP contribution in [0.4, 0.5) is 0 Å². The highest BCUT2D eigenvalue weighted by atomic mass is 32.2. The van der Waals surface area contributed by atoms with Gasteiger partial charge in [-0.15, -0.1) is 0 Å². The zero-order valence-corrected chi connectivity index (χ0v) is 10.6. The van der Waals surface area contributed by atoms with Crippen molar-refractivity contribution >= 4 is 15.6 Å². The van der Waals surface area contributed by atoms with Gasteiger partial charge in [0.25, 0.3) is 0 Å². The number of Topliss-reactive ketones (excluding diaryl/α,β-unsaturated/α-hetero) is 1. The summed E-state index contributed by atoms with van der Waals surface area (Å²) in [4.78, 5) is 11.1. The zero-order valence-electron chi connectivity index (χ0n) is 9.76. The molecule has 2 rings (SSSR count). The highest BCUT2D eigenvalue weighted by molar-refractivity contribution is 7.90. The van der Waals surface area contributed by atoms with Gasteiger partial charge in [0, 0.05) is 19.1 Å². The molecule has 0 N–H and O–H groups in total. The molecule has 4 nitrogen and oxygen atoms in total. The van der Waals surface area contributed by atoms with E-state index in [9.17, 15) is 13.2 Å². The summed E-state index contributed by atoms with van der Waals surface area (Å²) >= 11 is 0. The topological polar surface area (TPSA) is 60.4 Å². The number of hydrogen-bond acceptors (Lipinski definition) is 4. The molecule has 1 aliphatic carbocycles. The molecule has 1 aliphatic rings. The van der Waals surface area contributed by atoms with Crippen LogP contribution in [0.15, 0.2) is 23.1 Å².